The molecule has 0 aliphatic rings. The molecule has 0 unspecified atom stereocenters. The monoisotopic (exact) mass is 372 g/mol. The van der Waals surface area contributed by atoms with Crippen molar-refractivity contribution in [2.75, 3.05) is 13.2 Å². The third-order valence-electron chi connectivity index (χ3n) is 4.87. The van der Waals surface area contributed by atoms with E-state index in [-0.39, 0.29) is 16.9 Å². The number of phenols is 2. The fourth-order valence-corrected chi connectivity index (χ4v) is 2.86. The lowest BCUT2D eigenvalue weighted by Gasteiger charge is -2.27. The average molecular weight is 373 g/mol. The molecule has 2 rings (SSSR count). The van der Waals surface area contributed by atoms with Gasteiger partial charge in [0.05, 0.1) is 13.2 Å². The van der Waals surface area contributed by atoms with E-state index in [9.17, 15) is 10.2 Å². The Hall–Kier alpha value is -2.36. The van der Waals surface area contributed by atoms with Gasteiger partial charge in [-0.3, -0.25) is 0 Å². The molecule has 148 valence electrons. The number of benzene rings is 2. The highest BCUT2D eigenvalue weighted by Gasteiger charge is 2.25. The zero-order valence-corrected chi connectivity index (χ0v) is 16.9. The number of hydrogen-bond acceptors (Lipinski definition) is 4. The Bertz CT molecular complexity index is 676. The number of rotatable bonds is 10. The van der Waals surface area contributed by atoms with Crippen LogP contribution >= 0.6 is 0 Å². The summed E-state index contributed by atoms with van der Waals surface area (Å²) in [5, 5.41) is 20.2. The summed E-state index contributed by atoms with van der Waals surface area (Å²) in [6, 6.07) is 11.0. The smallest absolute Gasteiger partial charge is 0.161 e. The molecule has 0 fully saturated rings. The van der Waals surface area contributed by atoms with E-state index in [0.29, 0.717) is 24.7 Å². The number of hydrogen-bond donors (Lipinski definition) is 2. The van der Waals surface area contributed by atoms with Crippen molar-refractivity contribution in [1.29, 1.82) is 0 Å². The maximum absolute atomic E-state index is 10.1. The summed E-state index contributed by atoms with van der Waals surface area (Å²) in [5.74, 6) is 1.32. The highest BCUT2D eigenvalue weighted by Crippen LogP contribution is 2.39. The Kier molecular flexibility index (Phi) is 7.40. The first-order valence-electron chi connectivity index (χ1n) is 9.82. The Labute approximate surface area is 162 Å². The van der Waals surface area contributed by atoms with Crippen LogP contribution in [-0.2, 0) is 5.41 Å². The Balaban J connectivity index is 2.29. The van der Waals surface area contributed by atoms with E-state index >= 15 is 0 Å². The minimum Gasteiger partial charge on any atom is -0.504 e. The molecule has 27 heavy (non-hydrogen) atoms. The van der Waals surface area contributed by atoms with E-state index in [1.165, 1.54) is 0 Å². The Morgan fingerprint density at radius 3 is 1.52 bits per heavy atom. The molecule has 0 atom stereocenters. The molecule has 4 nitrogen and oxygen atoms in total. The van der Waals surface area contributed by atoms with Gasteiger partial charge in [0.1, 0.15) is 0 Å². The van der Waals surface area contributed by atoms with Crippen molar-refractivity contribution in [2.24, 2.45) is 0 Å². The summed E-state index contributed by atoms with van der Waals surface area (Å²) in [5.41, 5.74) is 1.71. The predicted octanol–water partition coefficient (Wildman–Crippen LogP) is 5.78. The van der Waals surface area contributed by atoms with Crippen LogP contribution in [0.25, 0.3) is 0 Å². The molecule has 0 aliphatic carbocycles. The van der Waals surface area contributed by atoms with Crippen LogP contribution in [0.3, 0.4) is 0 Å². The van der Waals surface area contributed by atoms with Gasteiger partial charge in [0, 0.05) is 5.41 Å². The van der Waals surface area contributed by atoms with Crippen LogP contribution < -0.4 is 9.47 Å². The molecular formula is C23H32O4. The van der Waals surface area contributed by atoms with E-state index in [1.54, 1.807) is 12.1 Å². The van der Waals surface area contributed by atoms with Gasteiger partial charge in [-0.05, 0) is 48.2 Å². The van der Waals surface area contributed by atoms with Crippen molar-refractivity contribution in [3.63, 3.8) is 0 Å². The second-order valence-electron chi connectivity index (χ2n) is 7.39. The van der Waals surface area contributed by atoms with Crippen LogP contribution in [0, 0.1) is 0 Å². The summed E-state index contributed by atoms with van der Waals surface area (Å²) in [6.45, 7) is 9.60. The fraction of sp³-hybridized carbons (Fsp3) is 0.478. The fourth-order valence-electron chi connectivity index (χ4n) is 2.86. The van der Waals surface area contributed by atoms with Gasteiger partial charge in [-0.15, -0.1) is 0 Å². The van der Waals surface area contributed by atoms with E-state index < -0.39 is 0 Å². The van der Waals surface area contributed by atoms with Crippen molar-refractivity contribution in [1.82, 2.24) is 0 Å². The molecule has 0 amide bonds. The molecule has 2 aromatic carbocycles. The summed E-state index contributed by atoms with van der Waals surface area (Å²) in [4.78, 5) is 0. The number of aromatic hydroxyl groups is 2. The highest BCUT2D eigenvalue weighted by molar-refractivity contribution is 5.50. The Morgan fingerprint density at radius 2 is 1.15 bits per heavy atom. The minimum atomic E-state index is -0.340. The zero-order chi connectivity index (χ0) is 19.9. The van der Waals surface area contributed by atoms with Crippen molar-refractivity contribution in [2.45, 2.75) is 58.8 Å². The van der Waals surface area contributed by atoms with Crippen LogP contribution in [-0.4, -0.2) is 23.4 Å². The number of phenolic OH excluding ortho intramolecular Hbond substituents is 2. The number of unbranched alkanes of at least 4 members (excludes halogenated alkanes) is 2. The van der Waals surface area contributed by atoms with Gasteiger partial charge in [0.25, 0.3) is 0 Å². The van der Waals surface area contributed by atoms with E-state index in [2.05, 4.69) is 27.7 Å². The van der Waals surface area contributed by atoms with E-state index in [0.717, 1.165) is 36.8 Å². The van der Waals surface area contributed by atoms with Crippen molar-refractivity contribution in [3.8, 4) is 23.0 Å². The molecule has 2 aromatic rings. The second-order valence-corrected chi connectivity index (χ2v) is 7.39. The van der Waals surface area contributed by atoms with Gasteiger partial charge in [-0.1, -0.05) is 52.7 Å². The lowest BCUT2D eigenvalue weighted by atomic mass is 9.78. The van der Waals surface area contributed by atoms with Crippen molar-refractivity contribution in [3.05, 3.63) is 47.5 Å². The lowest BCUT2D eigenvalue weighted by molar-refractivity contribution is 0.291. The Morgan fingerprint density at radius 1 is 0.741 bits per heavy atom. The van der Waals surface area contributed by atoms with Gasteiger partial charge in [0.2, 0.25) is 0 Å². The molecule has 0 saturated heterocycles. The molecule has 0 bridgehead atoms. The summed E-state index contributed by atoms with van der Waals surface area (Å²) < 4.78 is 11.5. The first kappa shape index (κ1) is 20.9. The predicted molar refractivity (Wildman–Crippen MR) is 109 cm³/mol. The van der Waals surface area contributed by atoms with Gasteiger partial charge >= 0.3 is 0 Å². The topological polar surface area (TPSA) is 58.9 Å². The first-order valence-corrected chi connectivity index (χ1v) is 9.82. The van der Waals surface area contributed by atoms with Gasteiger partial charge in [0.15, 0.2) is 23.0 Å². The first-order chi connectivity index (χ1) is 12.9. The van der Waals surface area contributed by atoms with Crippen molar-refractivity contribution >= 4 is 0 Å². The van der Waals surface area contributed by atoms with E-state index in [1.807, 2.05) is 24.3 Å². The van der Waals surface area contributed by atoms with Crippen LogP contribution in [0.5, 0.6) is 23.0 Å². The number of ether oxygens (including phenoxy) is 2. The molecular weight excluding hydrogens is 340 g/mol. The normalized spacial score (nSPS) is 11.4. The minimum absolute atomic E-state index is 0.153. The summed E-state index contributed by atoms with van der Waals surface area (Å²) >= 11 is 0. The SMILES string of the molecule is CCCCOc1cc(C(C)(C)c2ccc(O)c(OCCCC)c2)ccc1O. The van der Waals surface area contributed by atoms with Crippen LogP contribution in [0.2, 0.25) is 0 Å². The van der Waals surface area contributed by atoms with Crippen LogP contribution in [0.1, 0.15) is 64.5 Å². The van der Waals surface area contributed by atoms with Gasteiger partial charge < -0.3 is 19.7 Å². The van der Waals surface area contributed by atoms with Gasteiger partial charge in [-0.2, -0.15) is 0 Å². The molecule has 0 aromatic heterocycles. The molecule has 0 aliphatic heterocycles. The van der Waals surface area contributed by atoms with Crippen LogP contribution in [0.15, 0.2) is 36.4 Å². The third kappa shape index (κ3) is 5.31. The standard InChI is InChI=1S/C23H32O4/c1-5-7-13-26-21-15-17(9-11-19(21)24)23(3,4)18-10-12-20(25)22(16-18)27-14-8-6-2/h9-12,15-16,24-25H,5-8,13-14H2,1-4H3. The second kappa shape index (κ2) is 9.54. The molecule has 4 heteroatoms. The zero-order valence-electron chi connectivity index (χ0n) is 16.9. The molecule has 0 saturated carbocycles. The highest BCUT2D eigenvalue weighted by atomic mass is 16.5. The lowest BCUT2D eigenvalue weighted by Crippen LogP contribution is -2.19. The molecule has 0 spiro atoms. The summed E-state index contributed by atoms with van der Waals surface area (Å²) in [6.07, 6.45) is 3.98. The molecule has 2 N–H and O–H groups in total. The molecule has 0 heterocycles. The maximum Gasteiger partial charge on any atom is 0.161 e. The quantitative estimate of drug-likeness (QED) is 0.519. The largest absolute Gasteiger partial charge is 0.504 e. The molecule has 0 radical (unpaired) electrons. The van der Waals surface area contributed by atoms with E-state index in [4.69, 9.17) is 9.47 Å². The maximum atomic E-state index is 10.1. The van der Waals surface area contributed by atoms with Gasteiger partial charge in [-0.25, -0.2) is 0 Å². The average Bonchev–Trinajstić information content (AvgIpc) is 2.65. The van der Waals surface area contributed by atoms with Crippen molar-refractivity contribution < 1.29 is 19.7 Å². The van der Waals surface area contributed by atoms with Crippen LogP contribution in [0.4, 0.5) is 0 Å². The third-order valence-corrected chi connectivity index (χ3v) is 4.87. The summed E-state index contributed by atoms with van der Waals surface area (Å²) in [7, 11) is 0.